The Balaban J connectivity index is 1.78. The van der Waals surface area contributed by atoms with Crippen LogP contribution in [0.15, 0.2) is 18.2 Å². The maximum Gasteiger partial charge on any atom is 0.221 e. The average Bonchev–Trinajstić information content (AvgIpc) is 2.45. The minimum Gasteiger partial charge on any atom is -0.486 e. The topological polar surface area (TPSA) is 59.6 Å². The lowest BCUT2D eigenvalue weighted by Gasteiger charge is -2.18. The summed E-state index contributed by atoms with van der Waals surface area (Å²) in [4.78, 5) is 11.4. The zero-order chi connectivity index (χ0) is 13.5. The van der Waals surface area contributed by atoms with Crippen LogP contribution < -0.4 is 20.1 Å². The van der Waals surface area contributed by atoms with E-state index < -0.39 is 0 Å². The molecule has 0 unspecified atom stereocenters. The first kappa shape index (κ1) is 13.7. The van der Waals surface area contributed by atoms with Crippen LogP contribution in [0.1, 0.15) is 12.0 Å². The number of rotatable bonds is 6. The molecule has 0 fully saturated rings. The van der Waals surface area contributed by atoms with Gasteiger partial charge in [-0.15, -0.1) is 0 Å². The Labute approximate surface area is 113 Å². The molecule has 1 amide bonds. The summed E-state index contributed by atoms with van der Waals surface area (Å²) in [5.41, 5.74) is 1.14. The minimum atomic E-state index is 0.0758. The van der Waals surface area contributed by atoms with E-state index in [-0.39, 0.29) is 5.91 Å². The molecule has 0 atom stereocenters. The first-order valence-corrected chi connectivity index (χ1v) is 6.59. The summed E-state index contributed by atoms with van der Waals surface area (Å²) in [7, 11) is 1.84. The third-order valence-corrected chi connectivity index (χ3v) is 2.94. The van der Waals surface area contributed by atoms with E-state index in [2.05, 4.69) is 10.6 Å². The van der Waals surface area contributed by atoms with Crippen molar-refractivity contribution in [1.82, 2.24) is 10.6 Å². The largest absolute Gasteiger partial charge is 0.486 e. The molecule has 5 nitrogen and oxygen atoms in total. The summed E-state index contributed by atoms with van der Waals surface area (Å²) in [5.74, 6) is 1.67. The molecule has 5 heteroatoms. The van der Waals surface area contributed by atoms with E-state index >= 15 is 0 Å². The van der Waals surface area contributed by atoms with Crippen LogP contribution in [0.4, 0.5) is 0 Å². The average molecular weight is 264 g/mol. The van der Waals surface area contributed by atoms with E-state index in [4.69, 9.17) is 9.47 Å². The highest BCUT2D eigenvalue weighted by molar-refractivity contribution is 5.76. The maximum atomic E-state index is 11.4. The third-order valence-electron chi connectivity index (χ3n) is 2.94. The number of carbonyl (C=O) groups is 1. The molecular weight excluding hydrogens is 244 g/mol. The predicted octanol–water partition coefficient (Wildman–Crippen LogP) is 0.726. The van der Waals surface area contributed by atoms with Gasteiger partial charge in [0.2, 0.25) is 5.91 Å². The minimum absolute atomic E-state index is 0.0758. The Morgan fingerprint density at radius 1 is 1.21 bits per heavy atom. The van der Waals surface area contributed by atoms with E-state index in [0.29, 0.717) is 32.7 Å². The van der Waals surface area contributed by atoms with Crippen LogP contribution in [-0.4, -0.2) is 39.3 Å². The first-order valence-electron chi connectivity index (χ1n) is 6.59. The van der Waals surface area contributed by atoms with Crippen molar-refractivity contribution in [1.29, 1.82) is 0 Å². The second-order valence-electron chi connectivity index (χ2n) is 4.43. The molecule has 0 aliphatic carbocycles. The molecule has 1 aliphatic rings. The molecule has 1 heterocycles. The van der Waals surface area contributed by atoms with Gasteiger partial charge in [0.05, 0.1) is 0 Å². The molecule has 2 N–H and O–H groups in total. The summed E-state index contributed by atoms with van der Waals surface area (Å²) in [6.07, 6.45) is 1.31. The van der Waals surface area contributed by atoms with E-state index in [0.717, 1.165) is 23.5 Å². The Hall–Kier alpha value is -1.75. The smallest absolute Gasteiger partial charge is 0.221 e. The summed E-state index contributed by atoms with van der Waals surface area (Å²) in [6, 6.07) is 5.91. The fourth-order valence-corrected chi connectivity index (χ4v) is 1.92. The van der Waals surface area contributed by atoms with Crippen LogP contribution >= 0.6 is 0 Å². The lowest BCUT2D eigenvalue weighted by atomic mass is 10.1. The molecule has 0 saturated heterocycles. The number of ether oxygens (including phenoxy) is 2. The number of carbonyl (C=O) groups excluding carboxylic acids is 1. The number of benzene rings is 1. The van der Waals surface area contributed by atoms with Gasteiger partial charge in [0.15, 0.2) is 11.5 Å². The van der Waals surface area contributed by atoms with Gasteiger partial charge in [-0.2, -0.15) is 0 Å². The molecule has 0 radical (unpaired) electrons. The molecule has 0 aromatic heterocycles. The molecule has 2 rings (SSSR count). The van der Waals surface area contributed by atoms with Crippen LogP contribution in [-0.2, 0) is 11.2 Å². The van der Waals surface area contributed by atoms with Gasteiger partial charge in [-0.05, 0) is 31.2 Å². The lowest BCUT2D eigenvalue weighted by molar-refractivity contribution is -0.120. The number of amides is 1. The predicted molar refractivity (Wildman–Crippen MR) is 72.7 cm³/mol. The van der Waals surface area contributed by atoms with Crippen molar-refractivity contribution in [3.05, 3.63) is 23.8 Å². The van der Waals surface area contributed by atoms with Gasteiger partial charge in [-0.25, -0.2) is 0 Å². The van der Waals surface area contributed by atoms with Crippen LogP contribution in [0.25, 0.3) is 0 Å². The van der Waals surface area contributed by atoms with Crippen LogP contribution in [0, 0.1) is 0 Å². The van der Waals surface area contributed by atoms with E-state index in [9.17, 15) is 4.79 Å². The second kappa shape index (κ2) is 6.99. The van der Waals surface area contributed by atoms with Crippen molar-refractivity contribution in [3.8, 4) is 11.5 Å². The molecule has 0 saturated carbocycles. The quantitative estimate of drug-likeness (QED) is 0.795. The van der Waals surface area contributed by atoms with Crippen molar-refractivity contribution < 1.29 is 14.3 Å². The molecule has 0 spiro atoms. The Morgan fingerprint density at radius 3 is 2.79 bits per heavy atom. The lowest BCUT2D eigenvalue weighted by Crippen LogP contribution is -2.28. The summed E-state index contributed by atoms with van der Waals surface area (Å²) >= 11 is 0. The van der Waals surface area contributed by atoms with Gasteiger partial charge >= 0.3 is 0 Å². The second-order valence-corrected chi connectivity index (χ2v) is 4.43. The van der Waals surface area contributed by atoms with Crippen molar-refractivity contribution in [3.63, 3.8) is 0 Å². The Kier molecular flexibility index (Phi) is 5.03. The standard InChI is InChI=1S/C14H20N2O3/c1-15-6-5-14(17)16-7-4-11-2-3-12-13(10-11)19-9-8-18-12/h2-3,10,15H,4-9H2,1H3,(H,16,17). The summed E-state index contributed by atoms with van der Waals surface area (Å²) in [5, 5.41) is 5.84. The van der Waals surface area contributed by atoms with Crippen LogP contribution in [0.2, 0.25) is 0 Å². The van der Waals surface area contributed by atoms with E-state index in [1.807, 2.05) is 25.2 Å². The highest BCUT2D eigenvalue weighted by Crippen LogP contribution is 2.30. The maximum absolute atomic E-state index is 11.4. The van der Waals surface area contributed by atoms with E-state index in [1.165, 1.54) is 0 Å². The third kappa shape index (κ3) is 4.13. The molecule has 1 aromatic rings. The number of nitrogens with one attached hydrogen (secondary N) is 2. The van der Waals surface area contributed by atoms with Crippen molar-refractivity contribution in [2.75, 3.05) is 33.4 Å². The zero-order valence-corrected chi connectivity index (χ0v) is 11.2. The fourth-order valence-electron chi connectivity index (χ4n) is 1.92. The monoisotopic (exact) mass is 264 g/mol. The zero-order valence-electron chi connectivity index (χ0n) is 11.2. The normalized spacial score (nSPS) is 13.1. The van der Waals surface area contributed by atoms with Gasteiger partial charge in [0, 0.05) is 19.5 Å². The van der Waals surface area contributed by atoms with Crippen LogP contribution in [0.5, 0.6) is 11.5 Å². The molecular formula is C14H20N2O3. The highest BCUT2D eigenvalue weighted by Gasteiger charge is 2.11. The Morgan fingerprint density at radius 2 is 2.00 bits per heavy atom. The van der Waals surface area contributed by atoms with Gasteiger partial charge in [-0.3, -0.25) is 4.79 Å². The fraction of sp³-hybridized carbons (Fsp3) is 0.500. The number of fused-ring (bicyclic) bond motifs is 1. The number of hydrogen-bond acceptors (Lipinski definition) is 4. The highest BCUT2D eigenvalue weighted by atomic mass is 16.6. The molecule has 1 aromatic carbocycles. The van der Waals surface area contributed by atoms with Crippen molar-refractivity contribution in [2.45, 2.75) is 12.8 Å². The van der Waals surface area contributed by atoms with Gasteiger partial charge in [0.25, 0.3) is 0 Å². The molecule has 19 heavy (non-hydrogen) atoms. The number of hydrogen-bond donors (Lipinski definition) is 2. The summed E-state index contributed by atoms with van der Waals surface area (Å²) < 4.78 is 11.0. The molecule has 1 aliphatic heterocycles. The summed E-state index contributed by atoms with van der Waals surface area (Å²) in [6.45, 7) is 2.54. The van der Waals surface area contributed by atoms with Crippen molar-refractivity contribution in [2.24, 2.45) is 0 Å². The molecule has 104 valence electrons. The Bertz CT molecular complexity index is 435. The van der Waals surface area contributed by atoms with E-state index in [1.54, 1.807) is 0 Å². The van der Waals surface area contributed by atoms with Gasteiger partial charge in [0.1, 0.15) is 13.2 Å². The molecule has 0 bridgehead atoms. The van der Waals surface area contributed by atoms with Crippen molar-refractivity contribution >= 4 is 5.91 Å². The SMILES string of the molecule is CNCCC(=O)NCCc1ccc2c(c1)OCCO2. The van der Waals surface area contributed by atoms with Gasteiger partial charge < -0.3 is 20.1 Å². The first-order chi connectivity index (χ1) is 9.29. The van der Waals surface area contributed by atoms with Gasteiger partial charge in [-0.1, -0.05) is 6.07 Å². The van der Waals surface area contributed by atoms with Crippen LogP contribution in [0.3, 0.4) is 0 Å².